The highest BCUT2D eigenvalue weighted by molar-refractivity contribution is 6.00. The van der Waals surface area contributed by atoms with E-state index < -0.39 is 0 Å². The van der Waals surface area contributed by atoms with Gasteiger partial charge < -0.3 is 16.0 Å². The second-order valence-electron chi connectivity index (χ2n) is 4.81. The molecule has 0 saturated carbocycles. The van der Waals surface area contributed by atoms with Crippen molar-refractivity contribution in [3.05, 3.63) is 48.0 Å². The van der Waals surface area contributed by atoms with Crippen LogP contribution in [0.15, 0.2) is 36.7 Å². The molecule has 1 heterocycles. The molecule has 114 valence electrons. The van der Waals surface area contributed by atoms with E-state index in [2.05, 4.69) is 10.3 Å². The normalized spacial score (nSPS) is 11.6. The van der Waals surface area contributed by atoms with Gasteiger partial charge in [-0.2, -0.15) is 0 Å². The van der Waals surface area contributed by atoms with Crippen LogP contribution in [0.5, 0.6) is 0 Å². The lowest BCUT2D eigenvalue weighted by atomic mass is 10.0. The average Bonchev–Trinajstić information content (AvgIpc) is 2.88. The van der Waals surface area contributed by atoms with E-state index in [1.807, 2.05) is 6.92 Å². The second-order valence-corrected chi connectivity index (χ2v) is 4.81. The Balaban J connectivity index is 0.00000220. The number of halogens is 2. The lowest BCUT2D eigenvalue weighted by molar-refractivity contribution is 0.0953. The lowest BCUT2D eigenvalue weighted by Crippen LogP contribution is -2.29. The third kappa shape index (κ3) is 4.58. The Kier molecular flexibility index (Phi) is 6.39. The largest absolute Gasteiger partial charge is 0.366 e. The molecule has 2 rings (SSSR count). The number of rotatable bonds is 5. The Morgan fingerprint density at radius 1 is 1.33 bits per heavy atom. The standard InChI is InChI=1S/C15H18FN3O.ClH/c1-10(17)6-7-19-15(20)14-9-18-8-13(14)11-2-4-12(16)5-3-11;/h2-5,8-10,18H,6-7,17H2,1H3,(H,19,20);1H. The van der Waals surface area contributed by atoms with E-state index in [0.29, 0.717) is 12.1 Å². The van der Waals surface area contributed by atoms with Crippen LogP contribution in [0.25, 0.3) is 11.1 Å². The summed E-state index contributed by atoms with van der Waals surface area (Å²) in [5.74, 6) is -0.460. The third-order valence-electron chi connectivity index (χ3n) is 3.03. The van der Waals surface area contributed by atoms with Gasteiger partial charge in [0, 0.05) is 30.5 Å². The number of carbonyl (C=O) groups excluding carboxylic acids is 1. The monoisotopic (exact) mass is 311 g/mol. The average molecular weight is 312 g/mol. The smallest absolute Gasteiger partial charge is 0.253 e. The molecule has 0 fully saturated rings. The quantitative estimate of drug-likeness (QED) is 0.794. The molecule has 0 aliphatic heterocycles. The first-order valence-corrected chi connectivity index (χ1v) is 6.54. The topological polar surface area (TPSA) is 70.9 Å². The van der Waals surface area contributed by atoms with Crippen molar-refractivity contribution < 1.29 is 9.18 Å². The lowest BCUT2D eigenvalue weighted by Gasteiger charge is -2.08. The zero-order valence-electron chi connectivity index (χ0n) is 11.7. The highest BCUT2D eigenvalue weighted by atomic mass is 35.5. The molecule has 0 aliphatic carbocycles. The molecule has 1 aromatic carbocycles. The number of hydrogen-bond acceptors (Lipinski definition) is 2. The van der Waals surface area contributed by atoms with E-state index in [0.717, 1.165) is 17.5 Å². The van der Waals surface area contributed by atoms with Crippen LogP contribution < -0.4 is 11.1 Å². The molecule has 1 amide bonds. The van der Waals surface area contributed by atoms with Gasteiger partial charge in [0.2, 0.25) is 0 Å². The number of H-pyrrole nitrogens is 1. The van der Waals surface area contributed by atoms with Gasteiger partial charge in [-0.25, -0.2) is 4.39 Å². The minimum absolute atomic E-state index is 0. The Hall–Kier alpha value is -1.85. The molecule has 1 atom stereocenters. The molecule has 1 unspecified atom stereocenters. The van der Waals surface area contributed by atoms with Crippen molar-refractivity contribution >= 4 is 18.3 Å². The zero-order chi connectivity index (χ0) is 14.5. The van der Waals surface area contributed by atoms with Crippen LogP contribution in [0.3, 0.4) is 0 Å². The van der Waals surface area contributed by atoms with E-state index in [9.17, 15) is 9.18 Å². The van der Waals surface area contributed by atoms with Crippen LogP contribution in [0.1, 0.15) is 23.7 Å². The van der Waals surface area contributed by atoms with Crippen molar-refractivity contribution in [2.75, 3.05) is 6.54 Å². The molecule has 4 N–H and O–H groups in total. The number of benzene rings is 1. The summed E-state index contributed by atoms with van der Waals surface area (Å²) in [5.41, 5.74) is 7.73. The number of nitrogens with one attached hydrogen (secondary N) is 2. The van der Waals surface area contributed by atoms with Gasteiger partial charge in [-0.1, -0.05) is 12.1 Å². The van der Waals surface area contributed by atoms with Gasteiger partial charge in [0.15, 0.2) is 0 Å². The highest BCUT2D eigenvalue weighted by Gasteiger charge is 2.13. The fourth-order valence-corrected chi connectivity index (χ4v) is 1.93. The molecule has 0 saturated heterocycles. The van der Waals surface area contributed by atoms with E-state index >= 15 is 0 Å². The van der Waals surface area contributed by atoms with Gasteiger partial charge in [0.25, 0.3) is 5.91 Å². The summed E-state index contributed by atoms with van der Waals surface area (Å²) in [6.07, 6.45) is 4.09. The molecule has 0 bridgehead atoms. The number of aromatic nitrogens is 1. The molecule has 2 aromatic rings. The summed E-state index contributed by atoms with van der Waals surface area (Å²) in [6.45, 7) is 2.43. The summed E-state index contributed by atoms with van der Waals surface area (Å²) in [6, 6.07) is 6.10. The predicted molar refractivity (Wildman–Crippen MR) is 84.0 cm³/mol. The van der Waals surface area contributed by atoms with Crippen LogP contribution in [-0.2, 0) is 0 Å². The SMILES string of the molecule is CC(N)CCNC(=O)c1c[nH]cc1-c1ccc(F)cc1.Cl. The molecule has 0 aliphatic rings. The minimum atomic E-state index is -0.299. The summed E-state index contributed by atoms with van der Waals surface area (Å²) < 4.78 is 12.9. The first kappa shape index (κ1) is 17.2. The maximum atomic E-state index is 12.9. The molecule has 4 nitrogen and oxygen atoms in total. The maximum Gasteiger partial charge on any atom is 0.253 e. The molecule has 0 radical (unpaired) electrons. The van der Waals surface area contributed by atoms with Crippen LogP contribution >= 0.6 is 12.4 Å². The molecule has 1 aromatic heterocycles. The Morgan fingerprint density at radius 2 is 2.00 bits per heavy atom. The van der Waals surface area contributed by atoms with Gasteiger partial charge in [-0.15, -0.1) is 12.4 Å². The van der Waals surface area contributed by atoms with Gasteiger partial charge >= 0.3 is 0 Å². The Morgan fingerprint density at radius 3 is 2.62 bits per heavy atom. The van der Waals surface area contributed by atoms with Gasteiger partial charge in [0.05, 0.1) is 5.56 Å². The highest BCUT2D eigenvalue weighted by Crippen LogP contribution is 2.23. The summed E-state index contributed by atoms with van der Waals surface area (Å²) in [4.78, 5) is 15.0. The second kappa shape index (κ2) is 7.81. The van der Waals surface area contributed by atoms with Crippen molar-refractivity contribution in [1.29, 1.82) is 0 Å². The fraction of sp³-hybridized carbons (Fsp3) is 0.267. The number of carbonyl (C=O) groups is 1. The molecule has 0 spiro atoms. The van der Waals surface area contributed by atoms with Crippen molar-refractivity contribution in [3.63, 3.8) is 0 Å². The van der Waals surface area contributed by atoms with Crippen molar-refractivity contribution in [2.24, 2.45) is 5.73 Å². The van der Waals surface area contributed by atoms with Crippen LogP contribution in [0.2, 0.25) is 0 Å². The third-order valence-corrected chi connectivity index (χ3v) is 3.03. The number of hydrogen-bond donors (Lipinski definition) is 3. The van der Waals surface area contributed by atoms with Crippen LogP contribution in [0.4, 0.5) is 4.39 Å². The summed E-state index contributed by atoms with van der Waals surface area (Å²) in [7, 11) is 0. The van der Waals surface area contributed by atoms with E-state index in [-0.39, 0.29) is 30.2 Å². The van der Waals surface area contributed by atoms with Gasteiger partial charge in [-0.05, 0) is 31.0 Å². The van der Waals surface area contributed by atoms with Crippen LogP contribution in [0, 0.1) is 5.82 Å². The van der Waals surface area contributed by atoms with Gasteiger partial charge in [0.1, 0.15) is 5.82 Å². The predicted octanol–water partition coefficient (Wildman–Crippen LogP) is 2.71. The molecular weight excluding hydrogens is 293 g/mol. The number of aromatic amines is 1. The van der Waals surface area contributed by atoms with E-state index in [4.69, 9.17) is 5.73 Å². The number of nitrogens with two attached hydrogens (primary N) is 1. The van der Waals surface area contributed by atoms with Crippen LogP contribution in [-0.4, -0.2) is 23.5 Å². The van der Waals surface area contributed by atoms with Crippen molar-refractivity contribution in [2.45, 2.75) is 19.4 Å². The fourth-order valence-electron chi connectivity index (χ4n) is 1.93. The summed E-state index contributed by atoms with van der Waals surface area (Å²) in [5, 5.41) is 2.82. The zero-order valence-corrected chi connectivity index (χ0v) is 12.5. The summed E-state index contributed by atoms with van der Waals surface area (Å²) >= 11 is 0. The van der Waals surface area contributed by atoms with E-state index in [1.165, 1.54) is 12.1 Å². The maximum absolute atomic E-state index is 12.9. The van der Waals surface area contributed by atoms with Crippen molar-refractivity contribution in [3.8, 4) is 11.1 Å². The van der Waals surface area contributed by atoms with E-state index in [1.54, 1.807) is 24.5 Å². The minimum Gasteiger partial charge on any atom is -0.366 e. The molecule has 6 heteroatoms. The number of amides is 1. The Bertz CT molecular complexity index is 581. The first-order chi connectivity index (χ1) is 9.58. The molecular formula is C15H19ClFN3O. The van der Waals surface area contributed by atoms with Gasteiger partial charge in [-0.3, -0.25) is 4.79 Å². The van der Waals surface area contributed by atoms with Crippen molar-refractivity contribution in [1.82, 2.24) is 10.3 Å². The first-order valence-electron chi connectivity index (χ1n) is 6.54. The Labute approximate surface area is 129 Å². The molecule has 21 heavy (non-hydrogen) atoms.